The van der Waals surface area contributed by atoms with Crippen LogP contribution in [-0.2, 0) is 5.41 Å². The van der Waals surface area contributed by atoms with E-state index in [0.29, 0.717) is 17.1 Å². The van der Waals surface area contributed by atoms with Crippen LogP contribution in [0.3, 0.4) is 0 Å². The number of benzene rings is 3. The number of carbonyl (C=O) groups excluding carboxylic acids is 1. The summed E-state index contributed by atoms with van der Waals surface area (Å²) >= 11 is 0. The molecule has 3 aromatic carbocycles. The van der Waals surface area contributed by atoms with Crippen molar-refractivity contribution in [3.63, 3.8) is 0 Å². The third kappa shape index (κ3) is 3.76. The highest BCUT2D eigenvalue weighted by Gasteiger charge is 2.22. The topological polar surface area (TPSA) is 46.9 Å². The van der Waals surface area contributed by atoms with Gasteiger partial charge in [0, 0.05) is 17.0 Å². The average molecular weight is 387 g/mol. The molecule has 0 aliphatic heterocycles. The molecule has 0 aliphatic rings. The first-order valence-corrected chi connectivity index (χ1v) is 9.48. The fourth-order valence-corrected chi connectivity index (χ4v) is 3.22. The van der Waals surface area contributed by atoms with Gasteiger partial charge in [0.1, 0.15) is 11.6 Å². The first kappa shape index (κ1) is 18.9. The van der Waals surface area contributed by atoms with Crippen LogP contribution in [0.1, 0.15) is 36.8 Å². The molecule has 0 atom stereocenters. The molecule has 0 bridgehead atoms. The third-order valence-corrected chi connectivity index (χ3v) is 4.82. The predicted octanol–water partition coefficient (Wildman–Crippen LogP) is 5.71. The maximum Gasteiger partial charge on any atom is 0.257 e. The van der Waals surface area contributed by atoms with Crippen LogP contribution in [0.2, 0.25) is 0 Å². The quantitative estimate of drug-likeness (QED) is 0.489. The lowest BCUT2D eigenvalue weighted by molar-refractivity contribution is 0.102. The number of aromatic nitrogens is 2. The number of fused-ring (bicyclic) bond motifs is 1. The first-order valence-electron chi connectivity index (χ1n) is 9.48. The zero-order valence-electron chi connectivity index (χ0n) is 16.6. The summed E-state index contributed by atoms with van der Waals surface area (Å²) in [6.07, 6.45) is 0. The van der Waals surface area contributed by atoms with Crippen molar-refractivity contribution in [2.24, 2.45) is 0 Å². The van der Waals surface area contributed by atoms with Crippen molar-refractivity contribution in [3.8, 4) is 5.69 Å². The van der Waals surface area contributed by atoms with E-state index in [1.165, 1.54) is 12.1 Å². The summed E-state index contributed by atoms with van der Waals surface area (Å²) in [6, 6.07) is 21.3. The first-order chi connectivity index (χ1) is 13.8. The highest BCUT2D eigenvalue weighted by molar-refractivity contribution is 6.12. The van der Waals surface area contributed by atoms with Crippen molar-refractivity contribution in [1.29, 1.82) is 0 Å². The average Bonchev–Trinajstić information content (AvgIpc) is 3.12. The number of halogens is 1. The summed E-state index contributed by atoms with van der Waals surface area (Å²) in [6.45, 7) is 6.17. The highest BCUT2D eigenvalue weighted by atomic mass is 19.1. The Morgan fingerprint density at radius 1 is 0.966 bits per heavy atom. The molecule has 1 N–H and O–H groups in total. The fourth-order valence-electron chi connectivity index (χ4n) is 3.22. The van der Waals surface area contributed by atoms with Crippen LogP contribution < -0.4 is 5.32 Å². The summed E-state index contributed by atoms with van der Waals surface area (Å²) < 4.78 is 15.0. The van der Waals surface area contributed by atoms with Gasteiger partial charge in [-0.15, -0.1) is 0 Å². The van der Waals surface area contributed by atoms with Gasteiger partial charge < -0.3 is 5.32 Å². The molecule has 4 nitrogen and oxygen atoms in total. The Hall–Kier alpha value is -3.47. The van der Waals surface area contributed by atoms with Gasteiger partial charge in [-0.25, -0.2) is 9.07 Å². The maximum atomic E-state index is 13.4. The highest BCUT2D eigenvalue weighted by Crippen LogP contribution is 2.27. The van der Waals surface area contributed by atoms with E-state index in [9.17, 15) is 9.18 Å². The lowest BCUT2D eigenvalue weighted by Gasteiger charge is -2.14. The van der Waals surface area contributed by atoms with Gasteiger partial charge in [-0.3, -0.25) is 4.79 Å². The van der Waals surface area contributed by atoms with E-state index >= 15 is 0 Å². The van der Waals surface area contributed by atoms with Crippen LogP contribution in [0.4, 0.5) is 10.2 Å². The van der Waals surface area contributed by atoms with Crippen LogP contribution in [0, 0.1) is 5.82 Å². The van der Waals surface area contributed by atoms with E-state index in [1.807, 2.05) is 42.5 Å². The van der Waals surface area contributed by atoms with E-state index < -0.39 is 0 Å². The zero-order valence-corrected chi connectivity index (χ0v) is 16.6. The molecule has 29 heavy (non-hydrogen) atoms. The second-order valence-corrected chi connectivity index (χ2v) is 8.03. The normalized spacial score (nSPS) is 11.6. The number of nitrogens with one attached hydrogen (secondary N) is 1. The van der Waals surface area contributed by atoms with Crippen LogP contribution >= 0.6 is 0 Å². The van der Waals surface area contributed by atoms with Gasteiger partial charge >= 0.3 is 0 Å². The van der Waals surface area contributed by atoms with Crippen LogP contribution in [0.15, 0.2) is 72.8 Å². The largest absolute Gasteiger partial charge is 0.306 e. The summed E-state index contributed by atoms with van der Waals surface area (Å²) in [5, 5.41) is 9.55. The standard InChI is InChI=1S/C24H22FN3O/c1-24(2,3)21-15-22(28(27-21)18-13-11-17(25)12-14-18)26-23(29)20-10-6-8-16-7-4-5-9-19(16)20/h4-15H,1-3H3,(H,26,29). The smallest absolute Gasteiger partial charge is 0.257 e. The Bertz CT molecular complexity index is 1180. The number of rotatable bonds is 3. The van der Waals surface area contributed by atoms with Crippen LogP contribution in [0.25, 0.3) is 16.5 Å². The number of hydrogen-bond acceptors (Lipinski definition) is 2. The molecular weight excluding hydrogens is 365 g/mol. The SMILES string of the molecule is CC(C)(C)c1cc(NC(=O)c2cccc3ccccc23)n(-c2ccc(F)cc2)n1. The molecule has 4 aromatic rings. The number of amides is 1. The molecule has 4 rings (SSSR count). The van der Waals surface area contributed by atoms with Crippen LogP contribution in [-0.4, -0.2) is 15.7 Å². The Labute approximate surface area is 169 Å². The number of nitrogens with zero attached hydrogens (tertiary/aromatic N) is 2. The van der Waals surface area contributed by atoms with Crippen molar-refractivity contribution in [3.05, 3.63) is 89.9 Å². The molecule has 5 heteroatoms. The maximum absolute atomic E-state index is 13.4. The molecule has 0 saturated heterocycles. The molecule has 1 aromatic heterocycles. The molecular formula is C24H22FN3O. The predicted molar refractivity (Wildman–Crippen MR) is 114 cm³/mol. The number of carbonyl (C=O) groups is 1. The third-order valence-electron chi connectivity index (χ3n) is 4.82. The van der Waals surface area contributed by atoms with Gasteiger partial charge in [-0.2, -0.15) is 5.10 Å². The lowest BCUT2D eigenvalue weighted by atomic mass is 9.92. The monoisotopic (exact) mass is 387 g/mol. The number of hydrogen-bond donors (Lipinski definition) is 1. The minimum absolute atomic E-state index is 0.204. The summed E-state index contributed by atoms with van der Waals surface area (Å²) in [4.78, 5) is 13.1. The van der Waals surface area contributed by atoms with Crippen molar-refractivity contribution in [2.75, 3.05) is 5.32 Å². The molecule has 0 saturated carbocycles. The Morgan fingerprint density at radius 3 is 2.38 bits per heavy atom. The summed E-state index contributed by atoms with van der Waals surface area (Å²) in [5.74, 6) is 0.00304. The Morgan fingerprint density at radius 2 is 1.66 bits per heavy atom. The second kappa shape index (κ2) is 7.17. The molecule has 0 fully saturated rings. The van der Waals surface area contributed by atoms with Crippen LogP contribution in [0.5, 0.6) is 0 Å². The molecule has 0 unspecified atom stereocenters. The van der Waals surface area contributed by atoms with Gasteiger partial charge in [0.2, 0.25) is 0 Å². The molecule has 0 radical (unpaired) electrons. The van der Waals surface area contributed by atoms with E-state index in [0.717, 1.165) is 16.5 Å². The van der Waals surface area contributed by atoms with Gasteiger partial charge in [0.05, 0.1) is 11.4 Å². The van der Waals surface area contributed by atoms with Crippen molar-refractivity contribution in [1.82, 2.24) is 9.78 Å². The Kier molecular flexibility index (Phi) is 4.66. The number of anilines is 1. The molecule has 1 amide bonds. The molecule has 1 heterocycles. The molecule has 146 valence electrons. The fraction of sp³-hybridized carbons (Fsp3) is 0.167. The minimum atomic E-state index is -0.321. The van der Waals surface area contributed by atoms with Crippen molar-refractivity contribution < 1.29 is 9.18 Å². The van der Waals surface area contributed by atoms with E-state index in [4.69, 9.17) is 0 Å². The Balaban J connectivity index is 1.76. The van der Waals surface area contributed by atoms with Gasteiger partial charge in [-0.05, 0) is 41.1 Å². The van der Waals surface area contributed by atoms with Crippen molar-refractivity contribution in [2.45, 2.75) is 26.2 Å². The van der Waals surface area contributed by atoms with Gasteiger partial charge in [0.15, 0.2) is 0 Å². The summed E-state index contributed by atoms with van der Waals surface area (Å²) in [5.41, 5.74) is 1.89. The van der Waals surface area contributed by atoms with Gasteiger partial charge in [0.25, 0.3) is 5.91 Å². The zero-order chi connectivity index (χ0) is 20.6. The summed E-state index contributed by atoms with van der Waals surface area (Å²) in [7, 11) is 0. The minimum Gasteiger partial charge on any atom is -0.306 e. The molecule has 0 aliphatic carbocycles. The van der Waals surface area contributed by atoms with E-state index in [2.05, 4.69) is 31.2 Å². The van der Waals surface area contributed by atoms with E-state index in [-0.39, 0.29) is 17.1 Å². The van der Waals surface area contributed by atoms with Gasteiger partial charge in [-0.1, -0.05) is 57.2 Å². The lowest BCUT2D eigenvalue weighted by Crippen LogP contribution is -2.15. The second-order valence-electron chi connectivity index (χ2n) is 8.03. The van der Waals surface area contributed by atoms with E-state index in [1.54, 1.807) is 22.9 Å². The molecule has 0 spiro atoms. The van der Waals surface area contributed by atoms with Crippen molar-refractivity contribution >= 4 is 22.5 Å².